The van der Waals surface area contributed by atoms with E-state index in [4.69, 9.17) is 28.9 Å². The van der Waals surface area contributed by atoms with E-state index in [1.54, 1.807) is 0 Å². The number of benzene rings is 1. The molecule has 1 aromatic carbocycles. The van der Waals surface area contributed by atoms with Gasteiger partial charge in [-0.2, -0.15) is 0 Å². The predicted molar refractivity (Wildman–Crippen MR) is 127 cm³/mol. The van der Waals surface area contributed by atoms with Crippen LogP contribution in [0.4, 0.5) is 0 Å². The summed E-state index contributed by atoms with van der Waals surface area (Å²) in [7, 11) is 0. The monoisotopic (exact) mass is 443 g/mol. The van der Waals surface area contributed by atoms with Crippen LogP contribution in [0, 0.1) is 0 Å². The highest BCUT2D eigenvalue weighted by molar-refractivity contribution is 7.78. The summed E-state index contributed by atoms with van der Waals surface area (Å²) >= 11 is 15.7. The lowest BCUT2D eigenvalue weighted by molar-refractivity contribution is 0.230. The van der Waals surface area contributed by atoms with Crippen molar-refractivity contribution < 1.29 is 0 Å². The first-order chi connectivity index (χ1) is 13.7. The maximum absolute atomic E-state index is 5.68. The maximum Gasteiger partial charge on any atom is 0.0743 e. The highest BCUT2D eigenvalue weighted by Gasteiger charge is 2.08. The van der Waals surface area contributed by atoms with Crippen LogP contribution in [0.25, 0.3) is 0 Å². The van der Waals surface area contributed by atoms with Crippen LogP contribution in [0.3, 0.4) is 0 Å². The first-order valence-electron chi connectivity index (χ1n) is 10.5. The number of isothiocyanates is 1. The van der Waals surface area contributed by atoms with Gasteiger partial charge < -0.3 is 10.6 Å². The lowest BCUT2D eigenvalue weighted by atomic mass is 9.97. The molecular formula is C22H35Cl2N3S. The fourth-order valence-electron chi connectivity index (χ4n) is 3.31. The van der Waals surface area contributed by atoms with Crippen molar-refractivity contribution in [2.24, 2.45) is 10.7 Å². The highest BCUT2D eigenvalue weighted by atomic mass is 35.5. The zero-order valence-corrected chi connectivity index (χ0v) is 19.3. The Balaban J connectivity index is 0.000000215. The second-order valence-electron chi connectivity index (χ2n) is 7.38. The number of nitrogens with zero attached hydrogens (tertiary/aromatic N) is 2. The van der Waals surface area contributed by atoms with Crippen LogP contribution in [-0.2, 0) is 6.54 Å². The van der Waals surface area contributed by atoms with Crippen LogP contribution in [0.15, 0.2) is 29.3 Å². The normalized spacial score (nSPS) is 17.4. The molecule has 0 radical (unpaired) electrons. The van der Waals surface area contributed by atoms with Gasteiger partial charge in [-0.15, -0.1) is 11.6 Å². The van der Waals surface area contributed by atoms with Crippen LogP contribution in [0.5, 0.6) is 0 Å². The summed E-state index contributed by atoms with van der Waals surface area (Å²) in [5.74, 6) is 0.816. The van der Waals surface area contributed by atoms with Crippen LogP contribution < -0.4 is 5.73 Å². The summed E-state index contributed by atoms with van der Waals surface area (Å²) < 4.78 is 0. The third-order valence-electron chi connectivity index (χ3n) is 4.95. The van der Waals surface area contributed by atoms with Gasteiger partial charge in [-0.3, -0.25) is 0 Å². The molecule has 2 N–H and O–H groups in total. The van der Waals surface area contributed by atoms with E-state index in [0.717, 1.165) is 22.9 Å². The largest absolute Gasteiger partial charge is 0.328 e. The van der Waals surface area contributed by atoms with E-state index in [9.17, 15) is 0 Å². The molecule has 0 bridgehead atoms. The molecule has 0 amide bonds. The summed E-state index contributed by atoms with van der Waals surface area (Å²) in [6.45, 7) is 4.40. The van der Waals surface area contributed by atoms with Crippen LogP contribution >= 0.6 is 35.4 Å². The van der Waals surface area contributed by atoms with Gasteiger partial charge in [0.1, 0.15) is 0 Å². The molecule has 1 aliphatic heterocycles. The second-order valence-corrected chi connectivity index (χ2v) is 8.37. The van der Waals surface area contributed by atoms with E-state index < -0.39 is 0 Å². The smallest absolute Gasteiger partial charge is 0.0743 e. The predicted octanol–water partition coefficient (Wildman–Crippen LogP) is 6.32. The topological polar surface area (TPSA) is 41.6 Å². The minimum Gasteiger partial charge on any atom is -0.328 e. The Morgan fingerprint density at radius 3 is 2.14 bits per heavy atom. The van der Waals surface area contributed by atoms with Crippen molar-refractivity contribution in [3.63, 3.8) is 0 Å². The Kier molecular flexibility index (Phi) is 15.9. The first-order valence-corrected chi connectivity index (χ1v) is 11.8. The first kappa shape index (κ1) is 25.6. The molecule has 1 heterocycles. The minimum atomic E-state index is 0.536. The zero-order valence-electron chi connectivity index (χ0n) is 16.9. The Hall–Kier alpha value is -0.480. The number of hydrogen-bond acceptors (Lipinski definition) is 4. The Bertz CT molecular complexity index is 535. The molecule has 158 valence electrons. The van der Waals surface area contributed by atoms with Gasteiger partial charge in [0.15, 0.2) is 0 Å². The molecule has 1 aromatic rings. The highest BCUT2D eigenvalue weighted by Crippen LogP contribution is 2.14. The molecule has 0 unspecified atom stereocenters. The molecule has 6 heteroatoms. The van der Waals surface area contributed by atoms with Crippen molar-refractivity contribution in [3.8, 4) is 0 Å². The second kappa shape index (κ2) is 17.4. The van der Waals surface area contributed by atoms with Crippen LogP contribution in [0.1, 0.15) is 63.4 Å². The average Bonchev–Trinajstić information content (AvgIpc) is 2.74. The molecule has 1 saturated carbocycles. The standard InChI is InChI=1S/C8H6ClNS.C8H16ClN.C6H13N/c9-8-3-1-7(2-4-8)5-10-6-11;9-5-4-8-10-6-2-1-3-7-10;7-6-4-2-1-3-5-6/h1-4H,5H2;1-8H2;6H,1-5,7H2. The van der Waals surface area contributed by atoms with Crippen molar-refractivity contribution in [2.45, 2.75) is 70.4 Å². The van der Waals surface area contributed by atoms with Gasteiger partial charge in [-0.25, -0.2) is 4.99 Å². The van der Waals surface area contributed by atoms with Gasteiger partial charge >= 0.3 is 0 Å². The van der Waals surface area contributed by atoms with Crippen molar-refractivity contribution in [3.05, 3.63) is 34.9 Å². The zero-order chi connectivity index (χ0) is 20.5. The Morgan fingerprint density at radius 1 is 1.04 bits per heavy atom. The number of halogens is 2. The van der Waals surface area contributed by atoms with Gasteiger partial charge in [0.05, 0.1) is 11.7 Å². The average molecular weight is 445 g/mol. The number of likely N-dealkylation sites (tertiary alicyclic amines) is 1. The van der Waals surface area contributed by atoms with Crippen LogP contribution in [-0.4, -0.2) is 41.6 Å². The molecule has 2 aliphatic rings. The fraction of sp³-hybridized carbons (Fsp3) is 0.682. The minimum absolute atomic E-state index is 0.536. The third kappa shape index (κ3) is 13.7. The van der Waals surface area contributed by atoms with Gasteiger partial charge in [0, 0.05) is 16.9 Å². The van der Waals surface area contributed by atoms with E-state index in [2.05, 4.69) is 27.3 Å². The Labute approximate surface area is 186 Å². The quantitative estimate of drug-likeness (QED) is 0.328. The molecule has 0 aromatic heterocycles. The molecule has 1 aliphatic carbocycles. The number of alkyl halides is 1. The summed E-state index contributed by atoms with van der Waals surface area (Å²) in [4.78, 5) is 6.31. The number of piperidine rings is 1. The summed E-state index contributed by atoms with van der Waals surface area (Å²) in [5.41, 5.74) is 6.72. The number of rotatable bonds is 5. The van der Waals surface area contributed by atoms with Gasteiger partial charge in [-0.05, 0) is 81.7 Å². The summed E-state index contributed by atoms with van der Waals surface area (Å²) in [6, 6.07) is 8.02. The van der Waals surface area contributed by atoms with E-state index in [0.29, 0.717) is 12.6 Å². The van der Waals surface area contributed by atoms with E-state index in [1.807, 2.05) is 24.3 Å². The molecule has 0 atom stereocenters. The maximum atomic E-state index is 5.68. The molecule has 2 fully saturated rings. The van der Waals surface area contributed by atoms with E-state index >= 15 is 0 Å². The number of aliphatic imine (C=N–C) groups is 1. The van der Waals surface area contributed by atoms with Crippen molar-refractivity contribution in [1.29, 1.82) is 0 Å². The van der Waals surface area contributed by atoms with E-state index in [-0.39, 0.29) is 0 Å². The van der Waals surface area contributed by atoms with Crippen molar-refractivity contribution in [1.82, 2.24) is 4.90 Å². The van der Waals surface area contributed by atoms with Crippen molar-refractivity contribution >= 4 is 40.6 Å². The van der Waals surface area contributed by atoms with Gasteiger partial charge in [0.25, 0.3) is 0 Å². The Morgan fingerprint density at radius 2 is 1.64 bits per heavy atom. The SMILES string of the molecule is ClCCCN1CCCCC1.NC1CCCCC1.S=C=NCc1ccc(Cl)cc1. The third-order valence-corrected chi connectivity index (χ3v) is 5.59. The fourth-order valence-corrected chi connectivity index (χ4v) is 3.62. The molecule has 28 heavy (non-hydrogen) atoms. The van der Waals surface area contributed by atoms with E-state index in [1.165, 1.54) is 71.0 Å². The van der Waals surface area contributed by atoms with Crippen molar-refractivity contribution in [2.75, 3.05) is 25.5 Å². The summed E-state index contributed by atoms with van der Waals surface area (Å²) in [5, 5.41) is 3.04. The molecular weight excluding hydrogens is 409 g/mol. The van der Waals surface area contributed by atoms with Gasteiger partial charge in [0.2, 0.25) is 0 Å². The van der Waals surface area contributed by atoms with Gasteiger partial charge in [-0.1, -0.05) is 49.4 Å². The summed E-state index contributed by atoms with van der Waals surface area (Å²) in [6.07, 6.45) is 12.0. The molecule has 0 spiro atoms. The molecule has 3 rings (SSSR count). The number of nitrogens with two attached hydrogens (primary N) is 1. The lowest BCUT2D eigenvalue weighted by Gasteiger charge is -2.25. The number of thiocarbonyl (C=S) groups is 1. The molecule has 3 nitrogen and oxygen atoms in total. The van der Waals surface area contributed by atoms with Crippen LogP contribution in [0.2, 0.25) is 5.02 Å². The molecule has 1 saturated heterocycles. The number of hydrogen-bond donors (Lipinski definition) is 1. The lowest BCUT2D eigenvalue weighted by Crippen LogP contribution is -2.30.